The zero-order valence-electron chi connectivity index (χ0n) is 8.12. The quantitative estimate of drug-likeness (QED) is 0.596. The van der Waals surface area contributed by atoms with E-state index in [1.54, 1.807) is 0 Å². The number of rotatable bonds is 1. The second-order valence-electron chi connectivity index (χ2n) is 4.55. The minimum atomic E-state index is -0.263. The first-order valence-corrected chi connectivity index (χ1v) is 4.51. The normalized spacial score (nSPS) is 32.8. The number of β-amino-alcohol motifs (C(OH)–C–C–N with tert-alkyl or cyclic N) is 1. The van der Waals surface area contributed by atoms with Gasteiger partial charge in [-0.2, -0.15) is 0 Å². The van der Waals surface area contributed by atoms with Crippen molar-refractivity contribution in [3.8, 4) is 0 Å². The van der Waals surface area contributed by atoms with E-state index >= 15 is 0 Å². The van der Waals surface area contributed by atoms with Crippen LogP contribution in [0.25, 0.3) is 0 Å². The Morgan fingerprint density at radius 1 is 1.42 bits per heavy atom. The standard InChI is InChI=1S/C9H19NO2/c1-9(2,3)10-5-8(12)4-7(10)6-11/h7-8,11-12H,4-6H2,1-3H3/t7-,8-/m0/s1. The van der Waals surface area contributed by atoms with Gasteiger partial charge in [0.05, 0.1) is 12.7 Å². The minimum absolute atomic E-state index is 0.0465. The minimum Gasteiger partial charge on any atom is -0.395 e. The summed E-state index contributed by atoms with van der Waals surface area (Å²) in [6.07, 6.45) is 0.440. The Bertz CT molecular complexity index is 153. The van der Waals surface area contributed by atoms with E-state index in [9.17, 15) is 5.11 Å². The van der Waals surface area contributed by atoms with Gasteiger partial charge in [0.2, 0.25) is 0 Å². The van der Waals surface area contributed by atoms with Gasteiger partial charge in [0.15, 0.2) is 0 Å². The molecule has 2 N–H and O–H groups in total. The third-order valence-corrected chi connectivity index (χ3v) is 2.46. The van der Waals surface area contributed by atoms with E-state index in [1.165, 1.54) is 0 Å². The fraction of sp³-hybridized carbons (Fsp3) is 1.00. The Kier molecular flexibility index (Phi) is 2.76. The first kappa shape index (κ1) is 9.96. The van der Waals surface area contributed by atoms with Crippen LogP contribution in [-0.2, 0) is 0 Å². The molecule has 1 rings (SSSR count). The van der Waals surface area contributed by atoms with Crippen molar-refractivity contribution < 1.29 is 10.2 Å². The fourth-order valence-corrected chi connectivity index (χ4v) is 1.89. The lowest BCUT2D eigenvalue weighted by Crippen LogP contribution is -2.46. The van der Waals surface area contributed by atoms with Crippen LogP contribution in [0, 0.1) is 0 Å². The second-order valence-corrected chi connectivity index (χ2v) is 4.55. The summed E-state index contributed by atoms with van der Waals surface area (Å²) in [7, 11) is 0. The van der Waals surface area contributed by atoms with Gasteiger partial charge >= 0.3 is 0 Å². The molecule has 1 fully saturated rings. The molecule has 0 aromatic heterocycles. The van der Waals surface area contributed by atoms with Crippen molar-refractivity contribution in [3.63, 3.8) is 0 Å². The molecule has 72 valence electrons. The number of aliphatic hydroxyl groups is 2. The molecule has 2 atom stereocenters. The maximum atomic E-state index is 9.41. The summed E-state index contributed by atoms with van der Waals surface area (Å²) in [4.78, 5) is 2.16. The number of hydrogen-bond donors (Lipinski definition) is 2. The second kappa shape index (κ2) is 3.32. The van der Waals surface area contributed by atoms with Gasteiger partial charge in [-0.3, -0.25) is 4.90 Å². The van der Waals surface area contributed by atoms with Gasteiger partial charge in [0.25, 0.3) is 0 Å². The number of likely N-dealkylation sites (tertiary alicyclic amines) is 1. The molecule has 1 heterocycles. The van der Waals surface area contributed by atoms with Crippen LogP contribution in [0.1, 0.15) is 27.2 Å². The number of hydrogen-bond acceptors (Lipinski definition) is 3. The van der Waals surface area contributed by atoms with E-state index in [0.717, 1.165) is 0 Å². The van der Waals surface area contributed by atoms with Crippen LogP contribution in [0.4, 0.5) is 0 Å². The predicted octanol–water partition coefficient (Wildman–Crippen LogP) is 0.212. The highest BCUT2D eigenvalue weighted by molar-refractivity contribution is 4.91. The van der Waals surface area contributed by atoms with E-state index in [1.807, 2.05) is 0 Å². The molecular formula is C9H19NO2. The van der Waals surface area contributed by atoms with E-state index in [0.29, 0.717) is 13.0 Å². The number of aliphatic hydroxyl groups excluding tert-OH is 2. The van der Waals surface area contributed by atoms with Crippen molar-refractivity contribution in [2.75, 3.05) is 13.2 Å². The SMILES string of the molecule is CC(C)(C)N1C[C@@H](O)C[C@H]1CO. The first-order chi connectivity index (χ1) is 5.45. The molecule has 0 saturated carbocycles. The lowest BCUT2D eigenvalue weighted by Gasteiger charge is -2.35. The third-order valence-electron chi connectivity index (χ3n) is 2.46. The lowest BCUT2D eigenvalue weighted by atomic mass is 10.1. The van der Waals surface area contributed by atoms with Crippen LogP contribution in [0.5, 0.6) is 0 Å². The largest absolute Gasteiger partial charge is 0.395 e. The average molecular weight is 173 g/mol. The summed E-state index contributed by atoms with van der Waals surface area (Å²) >= 11 is 0. The molecule has 0 aromatic carbocycles. The monoisotopic (exact) mass is 173 g/mol. The third kappa shape index (κ3) is 1.97. The summed E-state index contributed by atoms with van der Waals surface area (Å²) in [6, 6.07) is 0.139. The van der Waals surface area contributed by atoms with Crippen LogP contribution in [-0.4, -0.2) is 45.9 Å². The van der Waals surface area contributed by atoms with Gasteiger partial charge in [-0.25, -0.2) is 0 Å². The summed E-state index contributed by atoms with van der Waals surface area (Å²) in [6.45, 7) is 7.15. The molecule has 12 heavy (non-hydrogen) atoms. The molecule has 3 heteroatoms. The molecule has 0 radical (unpaired) electrons. The highest BCUT2D eigenvalue weighted by Crippen LogP contribution is 2.25. The summed E-state index contributed by atoms with van der Waals surface area (Å²) < 4.78 is 0. The van der Waals surface area contributed by atoms with Crippen molar-refractivity contribution in [1.82, 2.24) is 4.90 Å². The maximum absolute atomic E-state index is 9.41. The molecule has 1 aliphatic heterocycles. The van der Waals surface area contributed by atoms with Gasteiger partial charge in [0.1, 0.15) is 0 Å². The Labute approximate surface area is 74.0 Å². The molecule has 0 bridgehead atoms. The molecule has 0 aromatic rings. The number of nitrogens with zero attached hydrogens (tertiary/aromatic N) is 1. The maximum Gasteiger partial charge on any atom is 0.0683 e. The zero-order valence-corrected chi connectivity index (χ0v) is 8.12. The van der Waals surface area contributed by atoms with Crippen LogP contribution in [0.2, 0.25) is 0 Å². The van der Waals surface area contributed by atoms with E-state index in [4.69, 9.17) is 5.11 Å². The first-order valence-electron chi connectivity index (χ1n) is 4.51. The molecule has 0 unspecified atom stereocenters. The van der Waals surface area contributed by atoms with Crippen molar-refractivity contribution in [2.24, 2.45) is 0 Å². The lowest BCUT2D eigenvalue weighted by molar-refractivity contribution is 0.0749. The van der Waals surface area contributed by atoms with Gasteiger partial charge in [-0.05, 0) is 27.2 Å². The van der Waals surface area contributed by atoms with Crippen molar-refractivity contribution in [2.45, 2.75) is 44.9 Å². The Hall–Kier alpha value is -0.120. The summed E-state index contributed by atoms with van der Waals surface area (Å²) in [5.41, 5.74) is 0.0465. The van der Waals surface area contributed by atoms with Crippen molar-refractivity contribution >= 4 is 0 Å². The average Bonchev–Trinajstić information content (AvgIpc) is 2.29. The van der Waals surface area contributed by atoms with E-state index in [-0.39, 0.29) is 24.3 Å². The Morgan fingerprint density at radius 2 is 2.00 bits per heavy atom. The van der Waals surface area contributed by atoms with Gasteiger partial charge < -0.3 is 10.2 Å². The van der Waals surface area contributed by atoms with Crippen LogP contribution >= 0.6 is 0 Å². The highest BCUT2D eigenvalue weighted by Gasteiger charge is 2.36. The van der Waals surface area contributed by atoms with Crippen LogP contribution < -0.4 is 0 Å². The molecule has 0 spiro atoms. The Balaban J connectivity index is 2.64. The molecule has 1 saturated heterocycles. The smallest absolute Gasteiger partial charge is 0.0683 e. The van der Waals surface area contributed by atoms with Gasteiger partial charge in [0, 0.05) is 18.1 Å². The van der Waals surface area contributed by atoms with Gasteiger partial charge in [-0.15, -0.1) is 0 Å². The van der Waals surface area contributed by atoms with Crippen LogP contribution in [0.3, 0.4) is 0 Å². The van der Waals surface area contributed by atoms with Gasteiger partial charge in [-0.1, -0.05) is 0 Å². The summed E-state index contributed by atoms with van der Waals surface area (Å²) in [5.74, 6) is 0. The zero-order chi connectivity index (χ0) is 9.35. The topological polar surface area (TPSA) is 43.7 Å². The molecule has 0 amide bonds. The predicted molar refractivity (Wildman–Crippen MR) is 48.0 cm³/mol. The molecule has 1 aliphatic rings. The van der Waals surface area contributed by atoms with E-state index in [2.05, 4.69) is 25.7 Å². The van der Waals surface area contributed by atoms with Crippen molar-refractivity contribution in [3.05, 3.63) is 0 Å². The van der Waals surface area contributed by atoms with Crippen molar-refractivity contribution in [1.29, 1.82) is 0 Å². The molecule has 0 aliphatic carbocycles. The fourth-order valence-electron chi connectivity index (χ4n) is 1.89. The summed E-state index contributed by atoms with van der Waals surface area (Å²) in [5, 5.41) is 18.5. The molecule has 3 nitrogen and oxygen atoms in total. The Morgan fingerprint density at radius 3 is 2.33 bits per heavy atom. The van der Waals surface area contributed by atoms with E-state index < -0.39 is 0 Å². The molecular weight excluding hydrogens is 154 g/mol. The van der Waals surface area contributed by atoms with Crippen LogP contribution in [0.15, 0.2) is 0 Å². The highest BCUT2D eigenvalue weighted by atomic mass is 16.3.